The second-order valence-corrected chi connectivity index (χ2v) is 13.3. The van der Waals surface area contributed by atoms with Crippen molar-refractivity contribution >= 4 is 49.8 Å². The van der Waals surface area contributed by atoms with E-state index in [4.69, 9.17) is 4.42 Å². The molecule has 2 heteroatoms. The van der Waals surface area contributed by atoms with Crippen LogP contribution in [0.5, 0.6) is 0 Å². The van der Waals surface area contributed by atoms with Gasteiger partial charge in [0.25, 0.3) is 0 Å². The summed E-state index contributed by atoms with van der Waals surface area (Å²) in [6, 6.07) is 71.5. The summed E-state index contributed by atoms with van der Waals surface area (Å²) in [4.78, 5) is 2.32. The van der Waals surface area contributed by atoms with Gasteiger partial charge in [0.15, 0.2) is 5.58 Å². The molecule has 0 fully saturated rings. The molecular weight excluding hydrogens is 631 g/mol. The van der Waals surface area contributed by atoms with E-state index in [-0.39, 0.29) is 0 Å². The predicted molar refractivity (Wildman–Crippen MR) is 219 cm³/mol. The molecule has 52 heavy (non-hydrogen) atoms. The maximum atomic E-state index is 6.71. The molecule has 0 bridgehead atoms. The molecule has 0 N–H and O–H groups in total. The molecule has 9 aromatic carbocycles. The van der Waals surface area contributed by atoms with Crippen LogP contribution in [0.15, 0.2) is 205 Å². The molecule has 0 aliphatic rings. The van der Waals surface area contributed by atoms with Gasteiger partial charge >= 0.3 is 0 Å². The number of anilines is 3. The van der Waals surface area contributed by atoms with Crippen molar-refractivity contribution < 1.29 is 4.42 Å². The van der Waals surface area contributed by atoms with Crippen LogP contribution < -0.4 is 4.90 Å². The Labute approximate surface area is 302 Å². The lowest BCUT2D eigenvalue weighted by molar-refractivity contribution is 0.669. The Hall–Kier alpha value is -6.90. The molecule has 0 saturated heterocycles. The highest BCUT2D eigenvalue weighted by Gasteiger charge is 2.22. The van der Waals surface area contributed by atoms with Crippen LogP contribution in [0.2, 0.25) is 0 Å². The summed E-state index contributed by atoms with van der Waals surface area (Å²) < 4.78 is 6.71. The molecule has 2 nitrogen and oxygen atoms in total. The van der Waals surface area contributed by atoms with E-state index in [1.54, 1.807) is 0 Å². The SMILES string of the molecule is c1ccc(-c2ccc(-c3ccc(N(c4ccc(-c5ccc(-c6ccccc6)cc5)cc4)c4ccc5ccc6cccc7oc4c5c67)cc3)cc2)cc1. The summed E-state index contributed by atoms with van der Waals surface area (Å²) in [5.41, 5.74) is 14.5. The Morgan fingerprint density at radius 2 is 0.673 bits per heavy atom. The molecule has 0 unspecified atom stereocenters. The predicted octanol–water partition coefficient (Wildman–Crippen LogP) is 14.3. The van der Waals surface area contributed by atoms with E-state index in [1.165, 1.54) is 66.1 Å². The summed E-state index contributed by atoms with van der Waals surface area (Å²) in [7, 11) is 0. The Morgan fingerprint density at radius 1 is 0.288 bits per heavy atom. The fourth-order valence-electron chi connectivity index (χ4n) is 7.60. The first-order valence-corrected chi connectivity index (χ1v) is 17.8. The lowest BCUT2D eigenvalue weighted by Gasteiger charge is -2.26. The van der Waals surface area contributed by atoms with Crippen molar-refractivity contribution in [3.63, 3.8) is 0 Å². The van der Waals surface area contributed by atoms with Crippen molar-refractivity contribution in [1.29, 1.82) is 0 Å². The largest absolute Gasteiger partial charge is 0.454 e. The van der Waals surface area contributed by atoms with Gasteiger partial charge in [0, 0.05) is 22.1 Å². The van der Waals surface area contributed by atoms with Gasteiger partial charge in [0.2, 0.25) is 0 Å². The Kier molecular flexibility index (Phi) is 7.18. The standard InChI is InChI=1S/C50H33NO/c1-3-8-34(9-4-1)36-14-18-38(19-15-36)40-24-29-44(30-25-40)51(46-33-28-43-23-22-42-12-7-13-47-48(42)49(43)50(46)52-47)45-31-26-41(27-32-45)39-20-16-37(17-21-39)35-10-5-2-6-11-35/h1-33H. The van der Waals surface area contributed by atoms with Crippen LogP contribution in [-0.4, -0.2) is 0 Å². The molecule has 0 aliphatic heterocycles. The van der Waals surface area contributed by atoms with E-state index >= 15 is 0 Å². The highest BCUT2D eigenvalue weighted by atomic mass is 16.3. The number of rotatable bonds is 7. The Balaban J connectivity index is 1.05. The molecule has 10 rings (SSSR count). The molecule has 1 heterocycles. The highest BCUT2D eigenvalue weighted by molar-refractivity contribution is 6.24. The quantitative estimate of drug-likeness (QED) is 0.158. The topological polar surface area (TPSA) is 16.4 Å². The number of hydrogen-bond acceptors (Lipinski definition) is 2. The lowest BCUT2D eigenvalue weighted by Crippen LogP contribution is -2.10. The molecular formula is C50H33NO. The minimum atomic E-state index is 0.894. The number of furan rings is 1. The number of benzene rings is 9. The van der Waals surface area contributed by atoms with Crippen LogP contribution in [0, 0.1) is 0 Å². The molecule has 244 valence electrons. The van der Waals surface area contributed by atoms with Gasteiger partial charge in [-0.25, -0.2) is 0 Å². The first-order valence-electron chi connectivity index (χ1n) is 17.8. The van der Waals surface area contributed by atoms with Crippen LogP contribution in [0.3, 0.4) is 0 Å². The Morgan fingerprint density at radius 3 is 1.13 bits per heavy atom. The minimum Gasteiger partial charge on any atom is -0.454 e. The average Bonchev–Trinajstić information content (AvgIpc) is 3.63. The second kappa shape index (κ2) is 12.5. The third-order valence-electron chi connectivity index (χ3n) is 10.3. The van der Waals surface area contributed by atoms with Crippen LogP contribution in [0.25, 0.3) is 77.2 Å². The van der Waals surface area contributed by atoms with E-state index in [0.717, 1.165) is 28.2 Å². The van der Waals surface area contributed by atoms with Crippen molar-refractivity contribution in [2.45, 2.75) is 0 Å². The maximum Gasteiger partial charge on any atom is 0.160 e. The number of hydrogen-bond donors (Lipinski definition) is 0. The average molecular weight is 664 g/mol. The van der Waals surface area contributed by atoms with E-state index in [1.807, 2.05) is 0 Å². The van der Waals surface area contributed by atoms with Crippen LogP contribution >= 0.6 is 0 Å². The van der Waals surface area contributed by atoms with Gasteiger partial charge in [-0.2, -0.15) is 0 Å². The highest BCUT2D eigenvalue weighted by Crippen LogP contribution is 2.46. The summed E-state index contributed by atoms with van der Waals surface area (Å²) in [5, 5.41) is 4.72. The molecule has 10 aromatic rings. The van der Waals surface area contributed by atoms with Gasteiger partial charge in [-0.05, 0) is 91.7 Å². The van der Waals surface area contributed by atoms with E-state index < -0.39 is 0 Å². The first kappa shape index (κ1) is 30.0. The first-order chi connectivity index (χ1) is 25.8. The second-order valence-electron chi connectivity index (χ2n) is 13.3. The Bertz CT molecular complexity index is 2650. The zero-order valence-electron chi connectivity index (χ0n) is 28.4. The maximum absolute atomic E-state index is 6.71. The van der Waals surface area contributed by atoms with Crippen molar-refractivity contribution in [2.24, 2.45) is 0 Å². The summed E-state index contributed by atoms with van der Waals surface area (Å²) in [5.74, 6) is 0. The van der Waals surface area contributed by atoms with Crippen molar-refractivity contribution in [1.82, 2.24) is 0 Å². The minimum absolute atomic E-state index is 0.894. The van der Waals surface area contributed by atoms with E-state index in [2.05, 4.69) is 205 Å². The summed E-state index contributed by atoms with van der Waals surface area (Å²) >= 11 is 0. The fourth-order valence-corrected chi connectivity index (χ4v) is 7.60. The third kappa shape index (κ3) is 5.21. The van der Waals surface area contributed by atoms with E-state index in [9.17, 15) is 0 Å². The van der Waals surface area contributed by atoms with Crippen LogP contribution in [0.4, 0.5) is 17.1 Å². The lowest BCUT2D eigenvalue weighted by atomic mass is 9.99. The van der Waals surface area contributed by atoms with Crippen molar-refractivity contribution in [3.05, 3.63) is 200 Å². The fraction of sp³-hybridized carbons (Fsp3) is 0. The molecule has 0 saturated carbocycles. The zero-order chi connectivity index (χ0) is 34.4. The van der Waals surface area contributed by atoms with Gasteiger partial charge in [0.05, 0.1) is 5.69 Å². The van der Waals surface area contributed by atoms with Crippen molar-refractivity contribution in [2.75, 3.05) is 4.90 Å². The molecule has 0 amide bonds. The van der Waals surface area contributed by atoms with E-state index in [0.29, 0.717) is 0 Å². The molecule has 0 spiro atoms. The molecule has 1 aromatic heterocycles. The normalized spacial score (nSPS) is 11.5. The third-order valence-corrected chi connectivity index (χ3v) is 10.3. The molecule has 0 radical (unpaired) electrons. The number of nitrogens with zero attached hydrogens (tertiary/aromatic N) is 1. The monoisotopic (exact) mass is 663 g/mol. The van der Waals surface area contributed by atoms with Crippen LogP contribution in [-0.2, 0) is 0 Å². The smallest absolute Gasteiger partial charge is 0.160 e. The van der Waals surface area contributed by atoms with Gasteiger partial charge < -0.3 is 9.32 Å². The summed E-state index contributed by atoms with van der Waals surface area (Å²) in [6.07, 6.45) is 0. The molecule has 0 aliphatic carbocycles. The van der Waals surface area contributed by atoms with Crippen molar-refractivity contribution in [3.8, 4) is 44.5 Å². The summed E-state index contributed by atoms with van der Waals surface area (Å²) in [6.45, 7) is 0. The van der Waals surface area contributed by atoms with Gasteiger partial charge in [-0.3, -0.25) is 0 Å². The van der Waals surface area contributed by atoms with Crippen LogP contribution in [0.1, 0.15) is 0 Å². The van der Waals surface area contributed by atoms with Gasteiger partial charge in [-0.1, -0.05) is 164 Å². The van der Waals surface area contributed by atoms with Gasteiger partial charge in [-0.15, -0.1) is 0 Å². The molecule has 0 atom stereocenters. The zero-order valence-corrected chi connectivity index (χ0v) is 28.4. The van der Waals surface area contributed by atoms with Gasteiger partial charge in [0.1, 0.15) is 5.58 Å².